The van der Waals surface area contributed by atoms with Gasteiger partial charge in [-0.1, -0.05) is 24.6 Å². The van der Waals surface area contributed by atoms with Crippen LogP contribution < -0.4 is 14.9 Å². The third-order valence-electron chi connectivity index (χ3n) is 5.38. The molecule has 0 atom stereocenters. The van der Waals surface area contributed by atoms with Crippen LogP contribution >= 0.6 is 11.3 Å². The van der Waals surface area contributed by atoms with Crippen LogP contribution in [0.5, 0.6) is 11.5 Å². The normalized spacial score (nSPS) is 15.0. The number of hydrogen-bond acceptors (Lipinski definition) is 8. The average Bonchev–Trinajstić information content (AvgIpc) is 3.33. The van der Waals surface area contributed by atoms with Gasteiger partial charge in [0.25, 0.3) is 0 Å². The molecule has 4 rings (SSSR count). The van der Waals surface area contributed by atoms with Crippen molar-refractivity contribution in [2.24, 2.45) is 5.10 Å². The summed E-state index contributed by atoms with van der Waals surface area (Å²) >= 11 is 1.39. The molecule has 0 radical (unpaired) electrons. The van der Waals surface area contributed by atoms with E-state index in [9.17, 15) is 8.42 Å². The topological polar surface area (TPSA) is 93.1 Å². The molecule has 0 spiro atoms. The van der Waals surface area contributed by atoms with E-state index in [0.717, 1.165) is 30.4 Å². The minimum atomic E-state index is -3.50. The number of rotatable bonds is 8. The molecule has 0 amide bonds. The molecule has 2 heterocycles. The number of thiazole rings is 1. The summed E-state index contributed by atoms with van der Waals surface area (Å²) < 4.78 is 38.3. The molecule has 0 saturated carbocycles. The van der Waals surface area contributed by atoms with Crippen LogP contribution in [0.3, 0.4) is 0 Å². The van der Waals surface area contributed by atoms with Crippen LogP contribution in [0.25, 0.3) is 11.3 Å². The highest BCUT2D eigenvalue weighted by atomic mass is 32.2. The van der Waals surface area contributed by atoms with E-state index >= 15 is 0 Å². The molecule has 33 heavy (non-hydrogen) atoms. The Labute approximate surface area is 197 Å². The van der Waals surface area contributed by atoms with Gasteiger partial charge in [0.05, 0.1) is 31.0 Å². The molecule has 1 fully saturated rings. The van der Waals surface area contributed by atoms with Gasteiger partial charge in [-0.3, -0.25) is 5.43 Å². The van der Waals surface area contributed by atoms with Crippen LogP contribution in [0.2, 0.25) is 0 Å². The lowest BCUT2D eigenvalue weighted by Crippen LogP contribution is -2.35. The lowest BCUT2D eigenvalue weighted by atomic mass is 10.2. The molecule has 3 aromatic rings. The minimum Gasteiger partial charge on any atom is -0.493 e. The second-order valence-corrected chi connectivity index (χ2v) is 10.3. The van der Waals surface area contributed by atoms with Gasteiger partial charge in [0.1, 0.15) is 0 Å². The smallest absolute Gasteiger partial charge is 0.243 e. The van der Waals surface area contributed by atoms with E-state index < -0.39 is 10.0 Å². The van der Waals surface area contributed by atoms with Crippen LogP contribution in [0, 0.1) is 0 Å². The molecule has 0 unspecified atom stereocenters. The molecular formula is C23H26N4O4S2. The predicted molar refractivity (Wildman–Crippen MR) is 131 cm³/mol. The number of nitrogens with zero attached hydrogens (tertiary/aromatic N) is 3. The fourth-order valence-corrected chi connectivity index (χ4v) is 5.93. The molecule has 2 aromatic carbocycles. The zero-order valence-corrected chi connectivity index (χ0v) is 20.2. The lowest BCUT2D eigenvalue weighted by Gasteiger charge is -2.26. The zero-order chi connectivity index (χ0) is 23.3. The van der Waals surface area contributed by atoms with E-state index in [4.69, 9.17) is 9.47 Å². The quantitative estimate of drug-likeness (QED) is 0.374. The zero-order valence-electron chi connectivity index (χ0n) is 18.5. The fourth-order valence-electron chi connectivity index (χ4n) is 3.70. The van der Waals surface area contributed by atoms with Crippen molar-refractivity contribution in [1.82, 2.24) is 9.29 Å². The maximum atomic E-state index is 13.0. The molecule has 1 aromatic heterocycles. The molecule has 1 N–H and O–H groups in total. The maximum Gasteiger partial charge on any atom is 0.243 e. The summed E-state index contributed by atoms with van der Waals surface area (Å²) in [6, 6.07) is 12.5. The van der Waals surface area contributed by atoms with Crippen LogP contribution in [-0.4, -0.2) is 51.2 Å². The molecule has 1 aliphatic heterocycles. The van der Waals surface area contributed by atoms with Crippen LogP contribution in [0.15, 0.2) is 57.8 Å². The Morgan fingerprint density at radius 2 is 1.88 bits per heavy atom. The van der Waals surface area contributed by atoms with E-state index in [-0.39, 0.29) is 0 Å². The molecule has 174 valence electrons. The van der Waals surface area contributed by atoms with E-state index in [1.54, 1.807) is 42.9 Å². The van der Waals surface area contributed by atoms with Crippen molar-refractivity contribution in [3.05, 3.63) is 53.4 Å². The summed E-state index contributed by atoms with van der Waals surface area (Å²) in [5.41, 5.74) is 5.12. The first kappa shape index (κ1) is 23.2. The van der Waals surface area contributed by atoms with Gasteiger partial charge in [-0.15, -0.1) is 11.3 Å². The van der Waals surface area contributed by atoms with E-state index in [0.29, 0.717) is 40.3 Å². The number of anilines is 1. The Hall–Kier alpha value is -2.95. The van der Waals surface area contributed by atoms with Crippen molar-refractivity contribution < 1.29 is 17.9 Å². The van der Waals surface area contributed by atoms with Gasteiger partial charge >= 0.3 is 0 Å². The fraction of sp³-hybridized carbons (Fsp3) is 0.304. The number of hydrazone groups is 1. The van der Waals surface area contributed by atoms with Gasteiger partial charge < -0.3 is 9.47 Å². The Bertz CT molecular complexity index is 1230. The largest absolute Gasteiger partial charge is 0.493 e. The van der Waals surface area contributed by atoms with Gasteiger partial charge in [-0.2, -0.15) is 9.41 Å². The summed E-state index contributed by atoms with van der Waals surface area (Å²) in [5, 5.41) is 6.72. The summed E-state index contributed by atoms with van der Waals surface area (Å²) in [6.07, 6.45) is 4.52. The average molecular weight is 487 g/mol. The number of nitrogens with one attached hydrogen (secondary N) is 1. The standard InChI is InChI=1S/C23H26N4O4S2/c1-30-21-11-7-9-18(22(21)31-2)15-24-26-23-25-20(16-32-23)17-8-6-10-19(14-17)33(28,29)27-12-4-3-5-13-27/h6-11,14-16H,3-5,12-13H2,1-2H3,(H,25,26). The Balaban J connectivity index is 1.49. The Morgan fingerprint density at radius 3 is 2.64 bits per heavy atom. The molecule has 10 heteroatoms. The number of benzene rings is 2. The van der Waals surface area contributed by atoms with Crippen molar-refractivity contribution in [3.8, 4) is 22.8 Å². The van der Waals surface area contributed by atoms with Crippen LogP contribution in [0.1, 0.15) is 24.8 Å². The number of piperidine rings is 1. The van der Waals surface area contributed by atoms with Crippen molar-refractivity contribution in [1.29, 1.82) is 0 Å². The second-order valence-electron chi connectivity index (χ2n) is 7.48. The number of para-hydroxylation sites is 1. The summed E-state index contributed by atoms with van der Waals surface area (Å²) in [4.78, 5) is 4.85. The molecule has 1 saturated heterocycles. The highest BCUT2D eigenvalue weighted by Crippen LogP contribution is 2.30. The molecular weight excluding hydrogens is 460 g/mol. The van der Waals surface area contributed by atoms with Crippen LogP contribution in [-0.2, 0) is 10.0 Å². The van der Waals surface area contributed by atoms with Gasteiger partial charge in [0.15, 0.2) is 11.5 Å². The summed E-state index contributed by atoms with van der Waals surface area (Å²) in [6.45, 7) is 1.15. The first-order valence-corrected chi connectivity index (χ1v) is 12.9. The highest BCUT2D eigenvalue weighted by molar-refractivity contribution is 7.89. The highest BCUT2D eigenvalue weighted by Gasteiger charge is 2.26. The SMILES string of the molecule is COc1cccc(C=NNc2nc(-c3cccc(S(=O)(=O)N4CCCCC4)c3)cs2)c1OC. The van der Waals surface area contributed by atoms with Crippen molar-refractivity contribution in [2.75, 3.05) is 32.7 Å². The number of sulfonamides is 1. The van der Waals surface area contributed by atoms with Crippen molar-refractivity contribution >= 4 is 32.7 Å². The Morgan fingerprint density at radius 1 is 1.09 bits per heavy atom. The third-order valence-corrected chi connectivity index (χ3v) is 8.03. The predicted octanol–water partition coefficient (Wildman–Crippen LogP) is 4.45. The van der Waals surface area contributed by atoms with Crippen molar-refractivity contribution in [2.45, 2.75) is 24.2 Å². The second kappa shape index (κ2) is 10.3. The maximum absolute atomic E-state index is 13.0. The summed E-state index contributed by atoms with van der Waals surface area (Å²) in [7, 11) is -0.332. The Kier molecular flexibility index (Phi) is 7.26. The lowest BCUT2D eigenvalue weighted by molar-refractivity contribution is 0.346. The van der Waals surface area contributed by atoms with Gasteiger partial charge in [-0.25, -0.2) is 13.4 Å². The number of aromatic nitrogens is 1. The molecule has 0 aliphatic carbocycles. The number of methoxy groups -OCH3 is 2. The first-order chi connectivity index (χ1) is 16.0. The van der Waals surface area contributed by atoms with E-state index in [2.05, 4.69) is 15.5 Å². The summed E-state index contributed by atoms with van der Waals surface area (Å²) in [5.74, 6) is 1.22. The van der Waals surface area contributed by atoms with Crippen molar-refractivity contribution in [3.63, 3.8) is 0 Å². The number of hydrogen-bond donors (Lipinski definition) is 1. The molecule has 8 nitrogen and oxygen atoms in total. The van der Waals surface area contributed by atoms with Gasteiger partial charge in [-0.05, 0) is 37.1 Å². The minimum absolute atomic E-state index is 0.299. The van der Waals surface area contributed by atoms with E-state index in [1.165, 1.54) is 11.3 Å². The number of ether oxygens (including phenoxy) is 2. The molecule has 1 aliphatic rings. The van der Waals surface area contributed by atoms with Crippen LogP contribution in [0.4, 0.5) is 5.13 Å². The first-order valence-electron chi connectivity index (χ1n) is 10.6. The van der Waals surface area contributed by atoms with Gasteiger partial charge in [0, 0.05) is 29.6 Å². The van der Waals surface area contributed by atoms with E-state index in [1.807, 2.05) is 29.6 Å². The molecule has 0 bridgehead atoms. The third kappa shape index (κ3) is 5.18. The monoisotopic (exact) mass is 486 g/mol. The van der Waals surface area contributed by atoms with Gasteiger partial charge in [0.2, 0.25) is 15.2 Å².